The van der Waals surface area contributed by atoms with Gasteiger partial charge in [0.05, 0.1) is 12.0 Å². The summed E-state index contributed by atoms with van der Waals surface area (Å²) in [5.41, 5.74) is 1.38. The van der Waals surface area contributed by atoms with Crippen LogP contribution >= 0.6 is 11.3 Å². The normalized spacial score (nSPS) is 16.7. The molecule has 1 fully saturated rings. The lowest BCUT2D eigenvalue weighted by atomic mass is 9.95. The summed E-state index contributed by atoms with van der Waals surface area (Å²) >= 11 is 1.59. The molecule has 1 amide bonds. The molecular weight excluding hydrogens is 438 g/mol. The first-order valence-electron chi connectivity index (χ1n) is 11.4. The summed E-state index contributed by atoms with van der Waals surface area (Å²) in [7, 11) is 1.61. The van der Waals surface area contributed by atoms with E-state index in [0.717, 1.165) is 35.5 Å². The Balaban J connectivity index is 1.53. The number of piperidine rings is 1. The fourth-order valence-corrected chi connectivity index (χ4v) is 4.96. The number of thiophene rings is 1. The standard InChI is InChI=1S/C25H31N3O4S/c1-25(2,3)32-24(30)28-14-6-5-8-16(28)10-12-18(29)17-11-13-19(31-4)22-21(17)26-23(27-22)20-9-7-15-33-20/h7,9,11,13,15-16H,5-6,8,10,12,14H2,1-4H3,(H,26,27). The van der Waals surface area contributed by atoms with Gasteiger partial charge in [0.1, 0.15) is 28.2 Å². The van der Waals surface area contributed by atoms with Gasteiger partial charge in [-0.05, 0) is 70.0 Å². The number of hydrogen-bond donors (Lipinski definition) is 1. The quantitative estimate of drug-likeness (QED) is 0.444. The van der Waals surface area contributed by atoms with Crippen LogP contribution in [0.15, 0.2) is 29.6 Å². The Morgan fingerprint density at radius 3 is 2.76 bits per heavy atom. The van der Waals surface area contributed by atoms with Crippen LogP contribution in [0.2, 0.25) is 0 Å². The summed E-state index contributed by atoms with van der Waals surface area (Å²) in [6.45, 7) is 6.29. The summed E-state index contributed by atoms with van der Waals surface area (Å²) in [4.78, 5) is 36.8. The third-order valence-corrected chi connectivity index (χ3v) is 6.72. The highest BCUT2D eigenvalue weighted by Crippen LogP contribution is 2.32. The Labute approximate surface area is 198 Å². The molecule has 1 N–H and O–H groups in total. The van der Waals surface area contributed by atoms with Crippen molar-refractivity contribution in [2.75, 3.05) is 13.7 Å². The minimum Gasteiger partial charge on any atom is -0.494 e. The second kappa shape index (κ2) is 9.55. The lowest BCUT2D eigenvalue weighted by Crippen LogP contribution is -2.46. The average molecular weight is 470 g/mol. The average Bonchev–Trinajstić information content (AvgIpc) is 3.45. The van der Waals surface area contributed by atoms with Gasteiger partial charge in [0.25, 0.3) is 0 Å². The van der Waals surface area contributed by atoms with Gasteiger partial charge in [0, 0.05) is 24.6 Å². The Morgan fingerprint density at radius 1 is 1.24 bits per heavy atom. The number of aromatic amines is 1. The van der Waals surface area contributed by atoms with Crippen molar-refractivity contribution < 1.29 is 19.1 Å². The molecule has 3 aromatic rings. The number of fused-ring (bicyclic) bond motifs is 1. The number of likely N-dealkylation sites (tertiary alicyclic amines) is 1. The number of imidazole rings is 1. The Kier molecular flexibility index (Phi) is 6.74. The number of nitrogens with zero attached hydrogens (tertiary/aromatic N) is 2. The van der Waals surface area contributed by atoms with Crippen molar-refractivity contribution in [3.05, 3.63) is 35.2 Å². The second-order valence-corrected chi connectivity index (χ2v) is 10.3. The molecule has 8 heteroatoms. The van der Waals surface area contributed by atoms with Crippen LogP contribution in [-0.4, -0.2) is 52.0 Å². The van der Waals surface area contributed by atoms with E-state index in [1.165, 1.54) is 0 Å². The number of Topliss-reactive ketones (excluding diaryl/α,β-unsaturated/α-hetero) is 1. The van der Waals surface area contributed by atoms with E-state index in [2.05, 4.69) is 4.98 Å². The van der Waals surface area contributed by atoms with E-state index in [1.807, 2.05) is 38.3 Å². The van der Waals surface area contributed by atoms with E-state index >= 15 is 0 Å². The molecule has 0 radical (unpaired) electrons. The number of benzene rings is 1. The van der Waals surface area contributed by atoms with Gasteiger partial charge in [-0.25, -0.2) is 9.78 Å². The van der Waals surface area contributed by atoms with Crippen LogP contribution in [0.5, 0.6) is 5.75 Å². The van der Waals surface area contributed by atoms with E-state index < -0.39 is 5.60 Å². The van der Waals surface area contributed by atoms with Gasteiger partial charge in [0.2, 0.25) is 0 Å². The molecule has 1 saturated heterocycles. The van der Waals surface area contributed by atoms with E-state index in [0.29, 0.717) is 36.2 Å². The SMILES string of the molecule is COc1ccc(C(=O)CCC2CCCCN2C(=O)OC(C)(C)C)c2nc(-c3cccs3)[nH]c12. The van der Waals surface area contributed by atoms with E-state index in [4.69, 9.17) is 14.5 Å². The van der Waals surface area contributed by atoms with Crippen molar-refractivity contribution in [3.8, 4) is 16.5 Å². The summed E-state index contributed by atoms with van der Waals surface area (Å²) < 4.78 is 11.1. The van der Waals surface area contributed by atoms with E-state index in [1.54, 1.807) is 35.5 Å². The van der Waals surface area contributed by atoms with Crippen molar-refractivity contribution in [2.45, 2.75) is 64.5 Å². The topological polar surface area (TPSA) is 84.5 Å². The second-order valence-electron chi connectivity index (χ2n) is 9.39. The van der Waals surface area contributed by atoms with Gasteiger partial charge in [-0.1, -0.05) is 6.07 Å². The summed E-state index contributed by atoms with van der Waals surface area (Å²) in [5, 5.41) is 1.99. The number of carbonyl (C=O) groups excluding carboxylic acids is 2. The van der Waals surface area contributed by atoms with Crippen molar-refractivity contribution >= 4 is 34.2 Å². The molecular formula is C25H31N3O4S. The maximum absolute atomic E-state index is 13.3. The zero-order chi connectivity index (χ0) is 23.6. The maximum Gasteiger partial charge on any atom is 0.410 e. The summed E-state index contributed by atoms with van der Waals surface area (Å²) in [5.74, 6) is 1.39. The number of methoxy groups -OCH3 is 1. The van der Waals surface area contributed by atoms with Crippen molar-refractivity contribution in [2.24, 2.45) is 0 Å². The highest BCUT2D eigenvalue weighted by Gasteiger charge is 2.31. The largest absolute Gasteiger partial charge is 0.494 e. The number of carbonyl (C=O) groups is 2. The molecule has 0 aliphatic carbocycles. The molecule has 0 bridgehead atoms. The molecule has 33 heavy (non-hydrogen) atoms. The van der Waals surface area contributed by atoms with E-state index in [9.17, 15) is 9.59 Å². The Morgan fingerprint density at radius 2 is 2.06 bits per heavy atom. The number of ketones is 1. The van der Waals surface area contributed by atoms with Gasteiger partial charge in [-0.15, -0.1) is 11.3 Å². The molecule has 1 unspecified atom stereocenters. The van der Waals surface area contributed by atoms with Crippen molar-refractivity contribution in [1.29, 1.82) is 0 Å². The molecule has 1 atom stereocenters. The van der Waals surface area contributed by atoms with Crippen molar-refractivity contribution in [3.63, 3.8) is 0 Å². The number of rotatable bonds is 6. The van der Waals surface area contributed by atoms with Crippen LogP contribution < -0.4 is 4.74 Å². The molecule has 4 rings (SSSR count). The predicted molar refractivity (Wildman–Crippen MR) is 130 cm³/mol. The highest BCUT2D eigenvalue weighted by atomic mass is 32.1. The number of nitrogens with one attached hydrogen (secondary N) is 1. The monoisotopic (exact) mass is 469 g/mol. The highest BCUT2D eigenvalue weighted by molar-refractivity contribution is 7.13. The number of hydrogen-bond acceptors (Lipinski definition) is 6. The van der Waals surface area contributed by atoms with Gasteiger partial charge in [-0.2, -0.15) is 0 Å². The Bertz CT molecular complexity index is 1130. The number of H-pyrrole nitrogens is 1. The minimum absolute atomic E-state index is 0.00662. The van der Waals surface area contributed by atoms with Crippen LogP contribution in [0.4, 0.5) is 4.79 Å². The number of ether oxygens (including phenoxy) is 2. The maximum atomic E-state index is 13.3. The first-order valence-corrected chi connectivity index (χ1v) is 12.3. The third-order valence-electron chi connectivity index (χ3n) is 5.84. The van der Waals surface area contributed by atoms with Gasteiger partial charge < -0.3 is 19.4 Å². The zero-order valence-electron chi connectivity index (χ0n) is 19.6. The predicted octanol–water partition coefficient (Wildman–Crippen LogP) is 6.05. The fraction of sp³-hybridized carbons (Fsp3) is 0.480. The first-order chi connectivity index (χ1) is 15.8. The lowest BCUT2D eigenvalue weighted by molar-refractivity contribution is 0.00860. The molecule has 1 aliphatic heterocycles. The van der Waals surface area contributed by atoms with Gasteiger partial charge in [-0.3, -0.25) is 4.79 Å². The van der Waals surface area contributed by atoms with Gasteiger partial charge >= 0.3 is 6.09 Å². The van der Waals surface area contributed by atoms with Crippen LogP contribution in [0.25, 0.3) is 21.7 Å². The molecule has 3 heterocycles. The molecule has 2 aromatic heterocycles. The lowest BCUT2D eigenvalue weighted by Gasteiger charge is -2.36. The number of amides is 1. The molecule has 176 valence electrons. The molecule has 0 spiro atoms. The Hall–Kier alpha value is -2.87. The minimum atomic E-state index is -0.538. The number of aromatic nitrogens is 2. The molecule has 1 aliphatic rings. The van der Waals surface area contributed by atoms with Crippen LogP contribution in [-0.2, 0) is 4.74 Å². The molecule has 0 saturated carbocycles. The smallest absolute Gasteiger partial charge is 0.410 e. The zero-order valence-corrected chi connectivity index (χ0v) is 20.5. The fourth-order valence-electron chi connectivity index (χ4n) is 4.29. The van der Waals surface area contributed by atoms with Crippen LogP contribution in [0, 0.1) is 0 Å². The van der Waals surface area contributed by atoms with Crippen LogP contribution in [0.3, 0.4) is 0 Å². The van der Waals surface area contributed by atoms with E-state index in [-0.39, 0.29) is 17.9 Å². The first kappa shape index (κ1) is 23.3. The summed E-state index contributed by atoms with van der Waals surface area (Å²) in [6, 6.07) is 7.56. The van der Waals surface area contributed by atoms with Gasteiger partial charge in [0.15, 0.2) is 5.78 Å². The molecule has 1 aromatic carbocycles. The van der Waals surface area contributed by atoms with Crippen LogP contribution in [0.1, 0.15) is 63.2 Å². The third kappa shape index (κ3) is 5.21. The van der Waals surface area contributed by atoms with Crippen molar-refractivity contribution in [1.82, 2.24) is 14.9 Å². The summed E-state index contributed by atoms with van der Waals surface area (Å²) in [6.07, 6.45) is 3.55. The molecule has 7 nitrogen and oxygen atoms in total.